The number of hydrogen-bond acceptors (Lipinski definition) is 5. The van der Waals surface area contributed by atoms with Crippen LogP contribution in [0.2, 0.25) is 0 Å². The number of carboxylic acid groups (broad SMARTS) is 1. The van der Waals surface area contributed by atoms with Gasteiger partial charge in [0.05, 0.1) is 0 Å². The molecule has 1 aromatic rings. The standard InChI is InChI=1S/C15H26N4O2/c1-3-5-7-13(14(20)21)17-9-12-10-18-15(19-11-12)16-8-6-4-2/h10-11,13,17H,3-9H2,1-2H3,(H,20,21)(H,16,18,19)/t13-/m1/s1. The molecule has 6 nitrogen and oxygen atoms in total. The van der Waals surface area contributed by atoms with Crippen LogP contribution in [-0.2, 0) is 11.3 Å². The number of hydrogen-bond donors (Lipinski definition) is 3. The molecule has 0 radical (unpaired) electrons. The van der Waals surface area contributed by atoms with Crippen molar-refractivity contribution in [1.82, 2.24) is 15.3 Å². The summed E-state index contributed by atoms with van der Waals surface area (Å²) in [5, 5.41) is 15.3. The molecular formula is C15H26N4O2. The predicted molar refractivity (Wildman–Crippen MR) is 83.2 cm³/mol. The van der Waals surface area contributed by atoms with Crippen molar-refractivity contribution in [3.05, 3.63) is 18.0 Å². The third kappa shape index (κ3) is 7.04. The molecule has 6 heteroatoms. The second-order valence-corrected chi connectivity index (χ2v) is 5.11. The summed E-state index contributed by atoms with van der Waals surface area (Å²) in [6.45, 7) is 5.52. The second kappa shape index (κ2) is 10.1. The Hall–Kier alpha value is -1.69. The number of rotatable bonds is 11. The van der Waals surface area contributed by atoms with E-state index in [-0.39, 0.29) is 0 Å². The van der Waals surface area contributed by atoms with Crippen LogP contribution < -0.4 is 10.6 Å². The largest absolute Gasteiger partial charge is 0.480 e. The maximum atomic E-state index is 11.1. The number of anilines is 1. The van der Waals surface area contributed by atoms with Gasteiger partial charge in [-0.3, -0.25) is 4.79 Å². The minimum Gasteiger partial charge on any atom is -0.480 e. The number of aliphatic carboxylic acids is 1. The van der Waals surface area contributed by atoms with Crippen LogP contribution >= 0.6 is 0 Å². The molecule has 3 N–H and O–H groups in total. The van der Waals surface area contributed by atoms with Crippen LogP contribution in [0.15, 0.2) is 12.4 Å². The Bertz CT molecular complexity index is 409. The average molecular weight is 294 g/mol. The highest BCUT2D eigenvalue weighted by molar-refractivity contribution is 5.73. The molecule has 21 heavy (non-hydrogen) atoms. The van der Waals surface area contributed by atoms with Crippen molar-refractivity contribution in [3.63, 3.8) is 0 Å². The van der Waals surface area contributed by atoms with E-state index in [1.54, 1.807) is 12.4 Å². The molecule has 0 saturated carbocycles. The molecule has 0 aliphatic heterocycles. The molecule has 0 amide bonds. The molecule has 1 aromatic heterocycles. The van der Waals surface area contributed by atoms with Gasteiger partial charge in [0.1, 0.15) is 6.04 Å². The van der Waals surface area contributed by atoms with E-state index in [2.05, 4.69) is 34.4 Å². The summed E-state index contributed by atoms with van der Waals surface area (Å²) >= 11 is 0. The highest BCUT2D eigenvalue weighted by Gasteiger charge is 2.15. The van der Waals surface area contributed by atoms with Crippen LogP contribution in [0, 0.1) is 0 Å². The molecule has 1 heterocycles. The molecule has 0 spiro atoms. The first-order valence-electron chi connectivity index (χ1n) is 7.68. The van der Waals surface area contributed by atoms with Crippen LogP contribution in [0.1, 0.15) is 51.5 Å². The molecule has 1 rings (SSSR count). The highest BCUT2D eigenvalue weighted by Crippen LogP contribution is 2.04. The van der Waals surface area contributed by atoms with Crippen LogP contribution in [0.5, 0.6) is 0 Å². The van der Waals surface area contributed by atoms with Gasteiger partial charge in [0.15, 0.2) is 0 Å². The van der Waals surface area contributed by atoms with E-state index in [1.165, 1.54) is 0 Å². The molecule has 0 aromatic carbocycles. The molecule has 0 fully saturated rings. The lowest BCUT2D eigenvalue weighted by Gasteiger charge is -2.13. The average Bonchev–Trinajstić information content (AvgIpc) is 2.48. The van der Waals surface area contributed by atoms with E-state index < -0.39 is 12.0 Å². The number of carbonyl (C=O) groups is 1. The normalized spacial score (nSPS) is 12.1. The third-order valence-corrected chi connectivity index (χ3v) is 3.22. The first-order chi connectivity index (χ1) is 10.2. The SMILES string of the molecule is CCCCNc1ncc(CN[C@H](CCCC)C(=O)O)cn1. The number of nitrogens with zero attached hydrogens (tertiary/aromatic N) is 2. The van der Waals surface area contributed by atoms with Crippen molar-refractivity contribution in [2.45, 2.75) is 58.5 Å². The maximum absolute atomic E-state index is 11.1. The van der Waals surface area contributed by atoms with Gasteiger partial charge >= 0.3 is 5.97 Å². The van der Waals surface area contributed by atoms with E-state index in [9.17, 15) is 4.79 Å². The van der Waals surface area contributed by atoms with Crippen molar-refractivity contribution in [1.29, 1.82) is 0 Å². The summed E-state index contributed by atoms with van der Waals surface area (Å²) in [6.07, 6.45) is 8.21. The van der Waals surface area contributed by atoms with Gasteiger partial charge in [-0.1, -0.05) is 33.1 Å². The highest BCUT2D eigenvalue weighted by atomic mass is 16.4. The fourth-order valence-corrected chi connectivity index (χ4v) is 1.88. The van der Waals surface area contributed by atoms with Crippen molar-refractivity contribution in [2.75, 3.05) is 11.9 Å². The van der Waals surface area contributed by atoms with E-state index in [4.69, 9.17) is 5.11 Å². The molecule has 0 saturated heterocycles. The van der Waals surface area contributed by atoms with Crippen molar-refractivity contribution in [2.24, 2.45) is 0 Å². The molecule has 0 bridgehead atoms. The fraction of sp³-hybridized carbons (Fsp3) is 0.667. The van der Waals surface area contributed by atoms with Crippen LogP contribution in [0.4, 0.5) is 5.95 Å². The Morgan fingerprint density at radius 3 is 2.48 bits per heavy atom. The smallest absolute Gasteiger partial charge is 0.320 e. The lowest BCUT2D eigenvalue weighted by atomic mass is 10.1. The van der Waals surface area contributed by atoms with Crippen molar-refractivity contribution in [3.8, 4) is 0 Å². The summed E-state index contributed by atoms with van der Waals surface area (Å²) < 4.78 is 0. The first-order valence-corrected chi connectivity index (χ1v) is 7.68. The topological polar surface area (TPSA) is 87.1 Å². The van der Waals surface area contributed by atoms with Gasteiger partial charge in [-0.05, 0) is 12.8 Å². The Balaban J connectivity index is 2.41. The Morgan fingerprint density at radius 2 is 1.90 bits per heavy atom. The number of aromatic nitrogens is 2. The molecule has 0 aliphatic rings. The van der Waals surface area contributed by atoms with Gasteiger partial charge in [-0.15, -0.1) is 0 Å². The summed E-state index contributed by atoms with van der Waals surface area (Å²) in [6, 6.07) is -0.507. The zero-order valence-electron chi connectivity index (χ0n) is 12.9. The zero-order valence-corrected chi connectivity index (χ0v) is 12.9. The number of nitrogens with one attached hydrogen (secondary N) is 2. The van der Waals surface area contributed by atoms with Gasteiger partial charge in [0.2, 0.25) is 5.95 Å². The van der Waals surface area contributed by atoms with Crippen molar-refractivity contribution < 1.29 is 9.90 Å². The van der Waals surface area contributed by atoms with Gasteiger partial charge < -0.3 is 15.7 Å². The van der Waals surface area contributed by atoms with E-state index >= 15 is 0 Å². The van der Waals surface area contributed by atoms with E-state index in [1.807, 2.05) is 0 Å². The molecular weight excluding hydrogens is 268 g/mol. The lowest BCUT2D eigenvalue weighted by Crippen LogP contribution is -2.36. The van der Waals surface area contributed by atoms with Gasteiger partial charge in [0.25, 0.3) is 0 Å². The number of carboxylic acids is 1. The van der Waals surface area contributed by atoms with E-state index in [0.29, 0.717) is 18.9 Å². The Morgan fingerprint density at radius 1 is 1.24 bits per heavy atom. The number of unbranched alkanes of at least 4 members (excludes halogenated alkanes) is 2. The lowest BCUT2D eigenvalue weighted by molar-refractivity contribution is -0.139. The van der Waals surface area contributed by atoms with E-state index in [0.717, 1.165) is 37.8 Å². The van der Waals surface area contributed by atoms with Crippen LogP contribution in [0.3, 0.4) is 0 Å². The monoisotopic (exact) mass is 294 g/mol. The van der Waals surface area contributed by atoms with Crippen LogP contribution in [0.25, 0.3) is 0 Å². The first kappa shape index (κ1) is 17.4. The minimum absolute atomic E-state index is 0.468. The predicted octanol–water partition coefficient (Wildman–Crippen LogP) is 2.42. The van der Waals surface area contributed by atoms with Crippen LogP contribution in [-0.4, -0.2) is 33.6 Å². The van der Waals surface area contributed by atoms with Gasteiger partial charge in [-0.2, -0.15) is 0 Å². The third-order valence-electron chi connectivity index (χ3n) is 3.22. The summed E-state index contributed by atoms with van der Waals surface area (Å²) in [4.78, 5) is 19.6. The zero-order chi connectivity index (χ0) is 15.5. The van der Waals surface area contributed by atoms with Crippen molar-refractivity contribution >= 4 is 11.9 Å². The molecule has 1 atom stereocenters. The fourth-order valence-electron chi connectivity index (χ4n) is 1.88. The minimum atomic E-state index is -0.803. The summed E-state index contributed by atoms with van der Waals surface area (Å²) in [7, 11) is 0. The van der Waals surface area contributed by atoms with Gasteiger partial charge in [0, 0.05) is 31.0 Å². The molecule has 0 aliphatic carbocycles. The molecule has 118 valence electrons. The van der Waals surface area contributed by atoms with Gasteiger partial charge in [-0.25, -0.2) is 9.97 Å². The summed E-state index contributed by atoms with van der Waals surface area (Å²) in [5.74, 6) is -0.185. The molecule has 0 unspecified atom stereocenters. The summed E-state index contributed by atoms with van der Waals surface area (Å²) in [5.41, 5.74) is 0.888. The Kier molecular flexibility index (Phi) is 8.35. The Labute approximate surface area is 126 Å². The quantitative estimate of drug-likeness (QED) is 0.543. The second-order valence-electron chi connectivity index (χ2n) is 5.11. The maximum Gasteiger partial charge on any atom is 0.320 e.